The molecule has 160 valence electrons. The van der Waals surface area contributed by atoms with Crippen LogP contribution in [0.5, 0.6) is 11.5 Å². The molecule has 3 heteroatoms. The third-order valence-corrected chi connectivity index (χ3v) is 5.34. The number of benzene rings is 1. The van der Waals surface area contributed by atoms with Crippen LogP contribution in [0.2, 0.25) is 0 Å². The molecule has 0 aromatic heterocycles. The van der Waals surface area contributed by atoms with Gasteiger partial charge in [0.05, 0.1) is 0 Å². The van der Waals surface area contributed by atoms with Crippen molar-refractivity contribution >= 4 is 5.97 Å². The number of carbonyl (C=O) groups excluding carboxylic acids is 1. The predicted octanol–water partition coefficient (Wildman–Crippen LogP) is 7.90. The summed E-state index contributed by atoms with van der Waals surface area (Å²) in [4.78, 5) is 12.0. The van der Waals surface area contributed by atoms with E-state index in [1.54, 1.807) is 18.2 Å². The Kier molecular flexibility index (Phi) is 13.5. The molecule has 0 saturated heterocycles. The summed E-state index contributed by atoms with van der Waals surface area (Å²) in [6.45, 7) is 6.28. The molecule has 28 heavy (non-hydrogen) atoms. The van der Waals surface area contributed by atoms with Crippen molar-refractivity contribution in [3.63, 3.8) is 0 Å². The quantitative estimate of drug-likeness (QED) is 0.177. The second-order valence-corrected chi connectivity index (χ2v) is 8.34. The average Bonchev–Trinajstić information content (AvgIpc) is 2.66. The third-order valence-electron chi connectivity index (χ3n) is 5.34. The van der Waals surface area contributed by atoms with E-state index in [9.17, 15) is 9.90 Å². The van der Waals surface area contributed by atoms with Crippen molar-refractivity contribution in [1.82, 2.24) is 0 Å². The topological polar surface area (TPSA) is 46.5 Å². The van der Waals surface area contributed by atoms with Gasteiger partial charge in [-0.25, -0.2) is 0 Å². The monoisotopic (exact) mass is 390 g/mol. The molecule has 0 saturated carbocycles. The van der Waals surface area contributed by atoms with Crippen LogP contribution in [0.15, 0.2) is 18.2 Å². The van der Waals surface area contributed by atoms with Crippen LogP contribution in [0.3, 0.4) is 0 Å². The minimum atomic E-state index is -0.177. The molecule has 0 radical (unpaired) electrons. The van der Waals surface area contributed by atoms with Crippen molar-refractivity contribution in [2.24, 2.45) is 0 Å². The van der Waals surface area contributed by atoms with Crippen LogP contribution in [0, 0.1) is 0 Å². The zero-order valence-electron chi connectivity index (χ0n) is 18.5. The Balaban J connectivity index is 2.00. The molecule has 0 aliphatic heterocycles. The fraction of sp³-hybridized carbons (Fsp3) is 0.720. The van der Waals surface area contributed by atoms with Crippen LogP contribution in [0.1, 0.15) is 122 Å². The predicted molar refractivity (Wildman–Crippen MR) is 118 cm³/mol. The first kappa shape index (κ1) is 24.5. The van der Waals surface area contributed by atoms with Crippen LogP contribution in [0.4, 0.5) is 0 Å². The van der Waals surface area contributed by atoms with Gasteiger partial charge in [-0.1, -0.05) is 97.8 Å². The fourth-order valence-corrected chi connectivity index (χ4v) is 3.53. The van der Waals surface area contributed by atoms with E-state index in [2.05, 4.69) is 6.92 Å². The lowest BCUT2D eigenvalue weighted by Crippen LogP contribution is -2.07. The molecule has 0 aliphatic carbocycles. The van der Waals surface area contributed by atoms with Crippen LogP contribution in [-0.2, 0) is 4.79 Å². The molecular weight excluding hydrogens is 348 g/mol. The standard InChI is InChI=1S/C25H42O3/c1-4-5-6-7-8-9-10-11-12-13-14-15-16-17-25(27)28-22-18-19-24(26)23(20-22)21(2)3/h18-21,26H,4-17H2,1-3H3. The summed E-state index contributed by atoms with van der Waals surface area (Å²) >= 11 is 0. The summed E-state index contributed by atoms with van der Waals surface area (Å²) in [7, 11) is 0. The minimum Gasteiger partial charge on any atom is -0.508 e. The number of carbonyl (C=O) groups is 1. The summed E-state index contributed by atoms with van der Waals surface area (Å²) in [5.74, 6) is 0.802. The highest BCUT2D eigenvalue weighted by Gasteiger charge is 2.10. The lowest BCUT2D eigenvalue weighted by atomic mass is 10.0. The Morgan fingerprint density at radius 1 is 0.857 bits per heavy atom. The van der Waals surface area contributed by atoms with E-state index >= 15 is 0 Å². The van der Waals surface area contributed by atoms with Crippen molar-refractivity contribution < 1.29 is 14.6 Å². The number of aromatic hydroxyl groups is 1. The number of unbranched alkanes of at least 4 members (excludes halogenated alkanes) is 12. The Labute approximate surface area is 172 Å². The molecule has 1 N–H and O–H groups in total. The molecule has 0 amide bonds. The van der Waals surface area contributed by atoms with Gasteiger partial charge in [0, 0.05) is 12.0 Å². The Morgan fingerprint density at radius 3 is 1.86 bits per heavy atom. The zero-order chi connectivity index (χ0) is 20.6. The largest absolute Gasteiger partial charge is 0.508 e. The van der Waals surface area contributed by atoms with Crippen molar-refractivity contribution in [3.05, 3.63) is 23.8 Å². The molecule has 0 heterocycles. The first-order chi connectivity index (χ1) is 13.5. The lowest BCUT2D eigenvalue weighted by molar-refractivity contribution is -0.134. The number of phenols is 1. The molecule has 1 aromatic carbocycles. The number of esters is 1. The van der Waals surface area contributed by atoms with E-state index < -0.39 is 0 Å². The molecule has 0 spiro atoms. The second kappa shape index (κ2) is 15.4. The number of rotatable bonds is 16. The van der Waals surface area contributed by atoms with Gasteiger partial charge in [0.1, 0.15) is 11.5 Å². The van der Waals surface area contributed by atoms with E-state index in [1.165, 1.54) is 70.6 Å². The summed E-state index contributed by atoms with van der Waals surface area (Å²) in [5, 5.41) is 9.83. The third kappa shape index (κ3) is 11.4. The van der Waals surface area contributed by atoms with E-state index in [0.29, 0.717) is 12.2 Å². The van der Waals surface area contributed by atoms with Gasteiger partial charge in [-0.05, 0) is 30.5 Å². The van der Waals surface area contributed by atoms with Crippen molar-refractivity contribution in [2.75, 3.05) is 0 Å². The van der Waals surface area contributed by atoms with Gasteiger partial charge in [-0.2, -0.15) is 0 Å². The maximum absolute atomic E-state index is 12.0. The molecule has 0 bridgehead atoms. The van der Waals surface area contributed by atoms with Crippen LogP contribution in [-0.4, -0.2) is 11.1 Å². The van der Waals surface area contributed by atoms with Gasteiger partial charge in [0.2, 0.25) is 0 Å². The molecule has 0 fully saturated rings. The number of ether oxygens (including phenoxy) is 1. The highest BCUT2D eigenvalue weighted by molar-refractivity contribution is 5.72. The van der Waals surface area contributed by atoms with Gasteiger partial charge < -0.3 is 9.84 Å². The minimum absolute atomic E-state index is 0.177. The molecule has 3 nitrogen and oxygen atoms in total. The van der Waals surface area contributed by atoms with Gasteiger partial charge in [-0.3, -0.25) is 4.79 Å². The van der Waals surface area contributed by atoms with Crippen LogP contribution in [0.25, 0.3) is 0 Å². The summed E-state index contributed by atoms with van der Waals surface area (Å²) in [5.41, 5.74) is 0.811. The Bertz CT molecular complexity index is 537. The number of phenolic OH excluding ortho intramolecular Hbond substituents is 1. The smallest absolute Gasteiger partial charge is 0.311 e. The van der Waals surface area contributed by atoms with Crippen molar-refractivity contribution in [1.29, 1.82) is 0 Å². The molecule has 1 rings (SSSR count). The number of hydrogen-bond acceptors (Lipinski definition) is 3. The zero-order valence-corrected chi connectivity index (χ0v) is 18.5. The van der Waals surface area contributed by atoms with Crippen LogP contribution >= 0.6 is 0 Å². The van der Waals surface area contributed by atoms with Gasteiger partial charge in [0.15, 0.2) is 0 Å². The summed E-state index contributed by atoms with van der Waals surface area (Å²) in [6, 6.07) is 5.02. The van der Waals surface area contributed by atoms with E-state index in [4.69, 9.17) is 4.74 Å². The second-order valence-electron chi connectivity index (χ2n) is 8.34. The molecule has 0 aliphatic rings. The number of hydrogen-bond donors (Lipinski definition) is 1. The van der Waals surface area contributed by atoms with Crippen LogP contribution < -0.4 is 4.74 Å². The SMILES string of the molecule is CCCCCCCCCCCCCCCC(=O)Oc1ccc(O)c(C(C)C)c1. The Morgan fingerprint density at radius 2 is 1.36 bits per heavy atom. The van der Waals surface area contributed by atoms with Gasteiger partial charge in [-0.15, -0.1) is 0 Å². The molecule has 0 atom stereocenters. The van der Waals surface area contributed by atoms with Gasteiger partial charge >= 0.3 is 5.97 Å². The first-order valence-electron chi connectivity index (χ1n) is 11.6. The Hall–Kier alpha value is -1.51. The average molecular weight is 391 g/mol. The highest BCUT2D eigenvalue weighted by Crippen LogP contribution is 2.29. The van der Waals surface area contributed by atoms with Gasteiger partial charge in [0.25, 0.3) is 0 Å². The maximum atomic E-state index is 12.0. The summed E-state index contributed by atoms with van der Waals surface area (Å²) in [6.07, 6.45) is 17.3. The highest BCUT2D eigenvalue weighted by atomic mass is 16.5. The van der Waals surface area contributed by atoms with Crippen molar-refractivity contribution in [3.8, 4) is 11.5 Å². The van der Waals surface area contributed by atoms with E-state index in [1.807, 2.05) is 13.8 Å². The fourth-order valence-electron chi connectivity index (χ4n) is 3.53. The normalized spacial score (nSPS) is 11.1. The first-order valence-corrected chi connectivity index (χ1v) is 11.6. The molecular formula is C25H42O3. The lowest BCUT2D eigenvalue weighted by Gasteiger charge is -2.11. The van der Waals surface area contributed by atoms with Crippen molar-refractivity contribution in [2.45, 2.75) is 117 Å². The molecule has 1 aromatic rings. The summed E-state index contributed by atoms with van der Waals surface area (Å²) < 4.78 is 5.42. The molecule has 0 unspecified atom stereocenters. The van der Waals surface area contributed by atoms with E-state index in [-0.39, 0.29) is 17.6 Å². The van der Waals surface area contributed by atoms with E-state index in [0.717, 1.165) is 18.4 Å². The maximum Gasteiger partial charge on any atom is 0.311 e.